The third-order valence-corrected chi connectivity index (χ3v) is 3.54. The van der Waals surface area contributed by atoms with Crippen molar-refractivity contribution in [1.82, 2.24) is 0 Å². The van der Waals surface area contributed by atoms with Gasteiger partial charge in [-0.3, -0.25) is 0 Å². The normalized spacial score (nSPS) is 13.5. The Labute approximate surface area is 131 Å². The number of alkyl halides is 3. The second kappa shape index (κ2) is 8.86. The van der Waals surface area contributed by atoms with Gasteiger partial charge in [0, 0.05) is 0 Å². The van der Waals surface area contributed by atoms with Crippen molar-refractivity contribution in [2.75, 3.05) is 6.61 Å². The zero-order valence-electron chi connectivity index (χ0n) is 13.5. The van der Waals surface area contributed by atoms with E-state index >= 15 is 0 Å². The molecule has 22 heavy (non-hydrogen) atoms. The molecule has 1 aromatic rings. The molecule has 0 aliphatic heterocycles. The van der Waals surface area contributed by atoms with Crippen molar-refractivity contribution in [2.24, 2.45) is 0 Å². The van der Waals surface area contributed by atoms with Crippen molar-refractivity contribution in [2.45, 2.75) is 58.5 Å². The summed E-state index contributed by atoms with van der Waals surface area (Å²) in [5.74, 6) is 0.621. The summed E-state index contributed by atoms with van der Waals surface area (Å²) in [7, 11) is 0. The first-order chi connectivity index (χ1) is 10.4. The maximum atomic E-state index is 13.0. The average Bonchev–Trinajstić information content (AvgIpc) is 2.46. The summed E-state index contributed by atoms with van der Waals surface area (Å²) in [6.45, 7) is 6.38. The van der Waals surface area contributed by atoms with Gasteiger partial charge in [-0.25, -0.2) is 0 Å². The van der Waals surface area contributed by atoms with E-state index < -0.39 is 11.7 Å². The fourth-order valence-corrected chi connectivity index (χ4v) is 2.51. The van der Waals surface area contributed by atoms with Gasteiger partial charge in [-0.15, -0.1) is 0 Å². The highest BCUT2D eigenvalue weighted by Crippen LogP contribution is 2.38. The minimum absolute atomic E-state index is 0.0525. The van der Waals surface area contributed by atoms with Crippen molar-refractivity contribution in [1.29, 1.82) is 0 Å². The number of ether oxygens (including phenoxy) is 1. The van der Waals surface area contributed by atoms with Crippen molar-refractivity contribution in [3.05, 3.63) is 41.5 Å². The fourth-order valence-electron chi connectivity index (χ4n) is 2.51. The van der Waals surface area contributed by atoms with Crippen LogP contribution in [0.3, 0.4) is 0 Å². The second-order valence-electron chi connectivity index (χ2n) is 5.28. The number of benzene rings is 1. The van der Waals surface area contributed by atoms with E-state index in [1.807, 2.05) is 20.8 Å². The predicted octanol–water partition coefficient (Wildman–Crippen LogP) is 6.34. The molecule has 4 heteroatoms. The minimum atomic E-state index is -4.32. The van der Waals surface area contributed by atoms with Crippen LogP contribution in [0.25, 0.3) is 0 Å². The van der Waals surface area contributed by atoms with Gasteiger partial charge < -0.3 is 4.74 Å². The molecule has 0 fully saturated rings. The Bertz CT molecular complexity index is 478. The molecule has 0 spiro atoms. The Morgan fingerprint density at radius 2 is 1.86 bits per heavy atom. The summed E-state index contributed by atoms with van der Waals surface area (Å²) in [5, 5.41) is 0. The van der Waals surface area contributed by atoms with Gasteiger partial charge in [-0.05, 0) is 55.9 Å². The van der Waals surface area contributed by atoms with Crippen LogP contribution in [-0.2, 0) is 6.18 Å². The number of hydrogen-bond acceptors (Lipinski definition) is 1. The van der Waals surface area contributed by atoms with Crippen molar-refractivity contribution >= 4 is 0 Å². The number of hydrogen-bond donors (Lipinski definition) is 0. The molecule has 0 amide bonds. The Balaban J connectivity index is 3.20. The molecule has 0 bridgehead atoms. The molecular weight excluding hydrogens is 289 g/mol. The standard InChI is InChI=1S/C18H25F3O/c1-4-7-8-10-14(9-5-2)16-13-15(18(19,20)21)11-12-17(16)22-6-3/h7-8,11-14H,4-6,9-10H2,1-3H3/b8-7-. The first kappa shape index (κ1) is 18.6. The van der Waals surface area contributed by atoms with Gasteiger partial charge in [0.1, 0.15) is 5.75 Å². The van der Waals surface area contributed by atoms with Gasteiger partial charge in [0.05, 0.1) is 12.2 Å². The van der Waals surface area contributed by atoms with E-state index in [-0.39, 0.29) is 5.92 Å². The molecule has 0 aliphatic rings. The van der Waals surface area contributed by atoms with E-state index in [0.717, 1.165) is 31.7 Å². The largest absolute Gasteiger partial charge is 0.494 e. The minimum Gasteiger partial charge on any atom is -0.494 e. The Morgan fingerprint density at radius 1 is 1.14 bits per heavy atom. The number of allylic oxidation sites excluding steroid dienone is 2. The molecule has 0 N–H and O–H groups in total. The van der Waals surface area contributed by atoms with Gasteiger partial charge >= 0.3 is 6.18 Å². The lowest BCUT2D eigenvalue weighted by Crippen LogP contribution is -2.09. The first-order valence-corrected chi connectivity index (χ1v) is 7.92. The highest BCUT2D eigenvalue weighted by molar-refractivity contribution is 5.41. The van der Waals surface area contributed by atoms with Gasteiger partial charge in [0.15, 0.2) is 0 Å². The van der Waals surface area contributed by atoms with Gasteiger partial charge in [-0.1, -0.05) is 32.4 Å². The average molecular weight is 314 g/mol. The van der Waals surface area contributed by atoms with Crippen LogP contribution < -0.4 is 4.74 Å². The Hall–Kier alpha value is -1.45. The third-order valence-electron chi connectivity index (χ3n) is 3.54. The monoisotopic (exact) mass is 314 g/mol. The summed E-state index contributed by atoms with van der Waals surface area (Å²) in [5.41, 5.74) is 0.0609. The van der Waals surface area contributed by atoms with E-state index in [9.17, 15) is 13.2 Å². The summed E-state index contributed by atoms with van der Waals surface area (Å²) >= 11 is 0. The quantitative estimate of drug-likeness (QED) is 0.508. The van der Waals surface area contributed by atoms with Crippen molar-refractivity contribution < 1.29 is 17.9 Å². The van der Waals surface area contributed by atoms with E-state index in [1.165, 1.54) is 12.1 Å². The SMILES string of the molecule is CC/C=C\CC(CCC)c1cc(C(F)(F)F)ccc1OCC. The van der Waals surface area contributed by atoms with Crippen LogP contribution in [0.2, 0.25) is 0 Å². The molecule has 0 saturated carbocycles. The van der Waals surface area contributed by atoms with Gasteiger partial charge in [-0.2, -0.15) is 13.2 Å². The summed E-state index contributed by atoms with van der Waals surface area (Å²) in [6.07, 6.45) is 3.22. The van der Waals surface area contributed by atoms with Crippen LogP contribution in [0.1, 0.15) is 63.5 Å². The van der Waals surface area contributed by atoms with Crippen LogP contribution in [0, 0.1) is 0 Å². The molecule has 1 unspecified atom stereocenters. The molecule has 124 valence electrons. The highest BCUT2D eigenvalue weighted by atomic mass is 19.4. The zero-order valence-corrected chi connectivity index (χ0v) is 13.5. The smallest absolute Gasteiger partial charge is 0.416 e. The molecule has 0 saturated heterocycles. The lowest BCUT2D eigenvalue weighted by Gasteiger charge is -2.20. The molecule has 0 radical (unpaired) electrons. The Kier molecular flexibility index (Phi) is 7.49. The number of rotatable bonds is 8. The third kappa shape index (κ3) is 5.39. The van der Waals surface area contributed by atoms with E-state index in [4.69, 9.17) is 4.74 Å². The first-order valence-electron chi connectivity index (χ1n) is 7.92. The molecule has 1 nitrogen and oxygen atoms in total. The van der Waals surface area contributed by atoms with Gasteiger partial charge in [0.25, 0.3) is 0 Å². The summed E-state index contributed by atoms with van der Waals surface area (Å²) < 4.78 is 44.5. The van der Waals surface area contributed by atoms with Crippen LogP contribution in [0.4, 0.5) is 13.2 Å². The molecular formula is C18H25F3O. The Morgan fingerprint density at radius 3 is 2.41 bits per heavy atom. The maximum Gasteiger partial charge on any atom is 0.416 e. The molecule has 1 atom stereocenters. The van der Waals surface area contributed by atoms with Gasteiger partial charge in [0.2, 0.25) is 0 Å². The predicted molar refractivity (Wildman–Crippen MR) is 84.3 cm³/mol. The zero-order chi connectivity index (χ0) is 16.6. The van der Waals surface area contributed by atoms with Crippen LogP contribution in [0.5, 0.6) is 5.75 Å². The topological polar surface area (TPSA) is 9.23 Å². The molecule has 1 rings (SSSR count). The van der Waals surface area contributed by atoms with Crippen LogP contribution in [0.15, 0.2) is 30.4 Å². The molecule has 0 heterocycles. The fraction of sp³-hybridized carbons (Fsp3) is 0.556. The second-order valence-corrected chi connectivity index (χ2v) is 5.28. The van der Waals surface area contributed by atoms with E-state index in [1.54, 1.807) is 0 Å². The summed E-state index contributed by atoms with van der Waals surface area (Å²) in [6, 6.07) is 3.80. The highest BCUT2D eigenvalue weighted by Gasteiger charge is 2.32. The van der Waals surface area contributed by atoms with Crippen molar-refractivity contribution in [3.8, 4) is 5.75 Å². The lowest BCUT2D eigenvalue weighted by molar-refractivity contribution is -0.137. The molecule has 0 aromatic heterocycles. The maximum absolute atomic E-state index is 13.0. The molecule has 0 aliphatic carbocycles. The summed E-state index contributed by atoms with van der Waals surface area (Å²) in [4.78, 5) is 0. The van der Waals surface area contributed by atoms with Crippen LogP contribution >= 0.6 is 0 Å². The number of halogens is 3. The lowest BCUT2D eigenvalue weighted by atomic mass is 9.89. The van der Waals surface area contributed by atoms with Crippen LogP contribution in [-0.4, -0.2) is 6.61 Å². The van der Waals surface area contributed by atoms with E-state index in [0.29, 0.717) is 17.9 Å². The van der Waals surface area contributed by atoms with Crippen molar-refractivity contribution in [3.63, 3.8) is 0 Å². The molecule has 1 aromatic carbocycles. The van der Waals surface area contributed by atoms with E-state index in [2.05, 4.69) is 12.2 Å².